The number of aromatic nitrogens is 2. The van der Waals surface area contributed by atoms with Crippen LogP contribution in [0.15, 0.2) is 34.1 Å². The van der Waals surface area contributed by atoms with Crippen LogP contribution in [-0.2, 0) is 0 Å². The van der Waals surface area contributed by atoms with Gasteiger partial charge in [0.15, 0.2) is 0 Å². The molecule has 2 heterocycles. The van der Waals surface area contributed by atoms with E-state index in [1.54, 1.807) is 11.3 Å². The summed E-state index contributed by atoms with van der Waals surface area (Å²) in [5, 5.41) is 11.3. The van der Waals surface area contributed by atoms with Crippen LogP contribution < -0.4 is 0 Å². The highest BCUT2D eigenvalue weighted by molar-refractivity contribution is 9.10. The molecule has 1 N–H and O–H groups in total. The quantitative estimate of drug-likeness (QED) is 0.682. The van der Waals surface area contributed by atoms with Crippen LogP contribution in [0.1, 0.15) is 16.3 Å². The number of nitrogens with zero attached hydrogens (tertiary/aromatic N) is 2. The second kappa shape index (κ2) is 5.23. The Kier molecular flexibility index (Phi) is 3.43. The van der Waals surface area contributed by atoms with Gasteiger partial charge in [0.1, 0.15) is 11.9 Å². The number of aryl methyl sites for hydroxylation is 1. The average Bonchev–Trinajstić information content (AvgIpc) is 3.01. The lowest BCUT2D eigenvalue weighted by Gasteiger charge is -1.91. The van der Waals surface area contributed by atoms with Gasteiger partial charge in [0, 0.05) is 14.7 Å². The van der Waals surface area contributed by atoms with Crippen molar-refractivity contribution in [2.24, 2.45) is 0 Å². The Hall–Kier alpha value is -1.90. The van der Waals surface area contributed by atoms with Gasteiger partial charge in [-0.3, -0.25) is 0 Å². The minimum absolute atomic E-state index is 0.535. The Morgan fingerprint density at radius 3 is 3.00 bits per heavy atom. The summed E-state index contributed by atoms with van der Waals surface area (Å²) in [6.07, 6.45) is 1.85. The number of aromatic amines is 1. The highest BCUT2D eigenvalue weighted by atomic mass is 79.9. The molecule has 5 heteroatoms. The predicted octanol–water partition coefficient (Wildman–Crippen LogP) is 4.76. The zero-order chi connectivity index (χ0) is 14.1. The first-order valence-corrected chi connectivity index (χ1v) is 7.65. The summed E-state index contributed by atoms with van der Waals surface area (Å²) in [4.78, 5) is 8.70. The molecule has 0 saturated carbocycles. The summed E-state index contributed by atoms with van der Waals surface area (Å²) >= 11 is 4.99. The maximum Gasteiger partial charge on any atom is 0.149 e. The fourth-order valence-corrected chi connectivity index (χ4v) is 3.33. The first-order valence-electron chi connectivity index (χ1n) is 5.98. The zero-order valence-electron chi connectivity index (χ0n) is 10.6. The third-order valence-electron chi connectivity index (χ3n) is 2.89. The molecule has 0 aliphatic rings. The molecule has 98 valence electrons. The molecule has 0 aliphatic heterocycles. The van der Waals surface area contributed by atoms with Crippen molar-refractivity contribution < 1.29 is 0 Å². The molecule has 0 atom stereocenters. The van der Waals surface area contributed by atoms with Crippen LogP contribution in [-0.4, -0.2) is 9.97 Å². The number of halogens is 1. The van der Waals surface area contributed by atoms with Crippen LogP contribution in [0.4, 0.5) is 0 Å². The Balaban J connectivity index is 2.07. The number of allylic oxidation sites excluding steroid dienone is 1. The summed E-state index contributed by atoms with van der Waals surface area (Å²) in [5.41, 5.74) is 3.53. The lowest BCUT2D eigenvalue weighted by Crippen LogP contribution is -1.83. The minimum atomic E-state index is 0.535. The van der Waals surface area contributed by atoms with Crippen molar-refractivity contribution >= 4 is 49.9 Å². The van der Waals surface area contributed by atoms with Gasteiger partial charge < -0.3 is 4.98 Å². The molecule has 0 saturated heterocycles. The summed E-state index contributed by atoms with van der Waals surface area (Å²) in [6.45, 7) is 2.03. The van der Waals surface area contributed by atoms with Gasteiger partial charge in [-0.1, -0.05) is 6.07 Å². The van der Waals surface area contributed by atoms with Gasteiger partial charge in [-0.2, -0.15) is 5.26 Å². The van der Waals surface area contributed by atoms with Gasteiger partial charge in [0.05, 0.1) is 16.6 Å². The second-order valence-corrected chi connectivity index (χ2v) is 6.30. The summed E-state index contributed by atoms with van der Waals surface area (Å²) in [7, 11) is 0. The molecule has 0 bridgehead atoms. The molecule has 0 unspecified atom stereocenters. The third-order valence-corrected chi connectivity index (χ3v) is 4.53. The number of hydrogen-bond acceptors (Lipinski definition) is 3. The van der Waals surface area contributed by atoms with Crippen molar-refractivity contribution in [2.45, 2.75) is 6.92 Å². The van der Waals surface area contributed by atoms with Crippen LogP contribution in [0, 0.1) is 18.3 Å². The molecular weight excluding hydrogens is 334 g/mol. The number of fused-ring (bicyclic) bond motifs is 1. The molecule has 0 spiro atoms. The fourth-order valence-electron chi connectivity index (χ4n) is 1.95. The topological polar surface area (TPSA) is 52.5 Å². The molecular formula is C15H10BrN3S. The van der Waals surface area contributed by atoms with E-state index in [2.05, 4.69) is 32.0 Å². The normalized spacial score (nSPS) is 11.8. The van der Waals surface area contributed by atoms with Gasteiger partial charge in [0.2, 0.25) is 0 Å². The largest absolute Gasteiger partial charge is 0.337 e. The van der Waals surface area contributed by atoms with E-state index in [0.717, 1.165) is 25.9 Å². The fraction of sp³-hybridized carbons (Fsp3) is 0.0667. The molecule has 0 radical (unpaired) electrons. The van der Waals surface area contributed by atoms with Crippen molar-refractivity contribution in [3.8, 4) is 6.07 Å². The predicted molar refractivity (Wildman–Crippen MR) is 86.3 cm³/mol. The Bertz CT molecular complexity index is 852. The van der Waals surface area contributed by atoms with E-state index in [1.807, 2.05) is 42.6 Å². The highest BCUT2D eigenvalue weighted by Gasteiger charge is 2.08. The van der Waals surface area contributed by atoms with E-state index >= 15 is 0 Å². The maximum atomic E-state index is 9.34. The molecule has 20 heavy (non-hydrogen) atoms. The van der Waals surface area contributed by atoms with Crippen molar-refractivity contribution in [3.05, 3.63) is 50.4 Å². The SMILES string of the molecule is Cc1ccc2nc(/C(C#N)=C\c3cc(Br)cs3)[nH]c2c1. The highest BCUT2D eigenvalue weighted by Crippen LogP contribution is 2.25. The number of thiophene rings is 1. The lowest BCUT2D eigenvalue weighted by atomic mass is 10.2. The van der Waals surface area contributed by atoms with Gasteiger partial charge in [-0.15, -0.1) is 11.3 Å². The molecule has 1 aromatic carbocycles. The van der Waals surface area contributed by atoms with Crippen molar-refractivity contribution in [2.75, 3.05) is 0 Å². The molecule has 3 rings (SSSR count). The van der Waals surface area contributed by atoms with Gasteiger partial charge in [0.25, 0.3) is 0 Å². The van der Waals surface area contributed by atoms with E-state index in [-0.39, 0.29) is 0 Å². The first-order chi connectivity index (χ1) is 9.65. The van der Waals surface area contributed by atoms with Crippen LogP contribution in [0.2, 0.25) is 0 Å². The van der Waals surface area contributed by atoms with Crippen LogP contribution >= 0.6 is 27.3 Å². The molecule has 3 nitrogen and oxygen atoms in total. The van der Waals surface area contributed by atoms with E-state index in [4.69, 9.17) is 0 Å². The van der Waals surface area contributed by atoms with Crippen molar-refractivity contribution in [3.63, 3.8) is 0 Å². The number of nitriles is 1. The smallest absolute Gasteiger partial charge is 0.149 e. The number of rotatable bonds is 2. The minimum Gasteiger partial charge on any atom is -0.337 e. The Morgan fingerprint density at radius 2 is 2.30 bits per heavy atom. The zero-order valence-corrected chi connectivity index (χ0v) is 13.0. The standard InChI is InChI=1S/C15H10BrN3S/c1-9-2-3-13-14(4-9)19-15(18-13)10(7-17)5-12-6-11(16)8-20-12/h2-6,8H,1H3,(H,18,19)/b10-5-. The average molecular weight is 344 g/mol. The van der Waals surface area contributed by atoms with Gasteiger partial charge >= 0.3 is 0 Å². The Morgan fingerprint density at radius 1 is 1.45 bits per heavy atom. The number of benzene rings is 1. The number of nitrogens with one attached hydrogen (secondary N) is 1. The van der Waals surface area contributed by atoms with Crippen molar-refractivity contribution in [1.29, 1.82) is 5.26 Å². The molecule has 0 fully saturated rings. The van der Waals surface area contributed by atoms with Crippen LogP contribution in [0.25, 0.3) is 22.7 Å². The number of H-pyrrole nitrogens is 1. The van der Waals surface area contributed by atoms with Crippen molar-refractivity contribution in [1.82, 2.24) is 9.97 Å². The van der Waals surface area contributed by atoms with E-state index in [9.17, 15) is 5.26 Å². The third kappa shape index (κ3) is 2.53. The van der Waals surface area contributed by atoms with Crippen LogP contribution in [0.3, 0.4) is 0 Å². The van der Waals surface area contributed by atoms with Gasteiger partial charge in [-0.05, 0) is 52.7 Å². The monoisotopic (exact) mass is 343 g/mol. The maximum absolute atomic E-state index is 9.34. The summed E-state index contributed by atoms with van der Waals surface area (Å²) in [5.74, 6) is 0.609. The van der Waals surface area contributed by atoms with E-state index < -0.39 is 0 Å². The molecule has 2 aromatic heterocycles. The molecule has 3 aromatic rings. The first kappa shape index (κ1) is 13.1. The van der Waals surface area contributed by atoms with Crippen LogP contribution in [0.5, 0.6) is 0 Å². The van der Waals surface area contributed by atoms with Gasteiger partial charge in [-0.25, -0.2) is 4.98 Å². The van der Waals surface area contributed by atoms with E-state index in [1.165, 1.54) is 0 Å². The second-order valence-electron chi connectivity index (χ2n) is 4.44. The molecule has 0 amide bonds. The lowest BCUT2D eigenvalue weighted by molar-refractivity contribution is 1.27. The molecule has 0 aliphatic carbocycles. The number of imidazole rings is 1. The number of hydrogen-bond donors (Lipinski definition) is 1. The summed E-state index contributed by atoms with van der Waals surface area (Å²) in [6, 6.07) is 10.2. The van der Waals surface area contributed by atoms with E-state index in [0.29, 0.717) is 11.4 Å². The Labute approximate surface area is 128 Å². The summed E-state index contributed by atoms with van der Waals surface area (Å²) < 4.78 is 1.02.